The molecule has 0 aliphatic carbocycles. The summed E-state index contributed by atoms with van der Waals surface area (Å²) in [5.41, 5.74) is 0. The highest BCUT2D eigenvalue weighted by Gasteiger charge is 2.27. The Hall–Kier alpha value is -1.39. The summed E-state index contributed by atoms with van der Waals surface area (Å²) < 4.78 is 17.4. The number of anilines is 1. The van der Waals surface area contributed by atoms with E-state index in [1.54, 1.807) is 13.2 Å². The molecule has 0 bridgehead atoms. The molecule has 1 aromatic rings. The summed E-state index contributed by atoms with van der Waals surface area (Å²) in [6.45, 7) is 0.834. The van der Waals surface area contributed by atoms with Gasteiger partial charge in [0.2, 0.25) is 5.88 Å². The van der Waals surface area contributed by atoms with Crippen LogP contribution in [0.1, 0.15) is 0 Å². The highest BCUT2D eigenvalue weighted by atomic mass is 19.1. The number of alkyl halides is 1. The molecule has 1 aliphatic rings. The zero-order valence-corrected chi connectivity index (χ0v) is 7.27. The third kappa shape index (κ3) is 1.54. The fourth-order valence-corrected chi connectivity index (χ4v) is 1.23. The van der Waals surface area contributed by atoms with Crippen molar-refractivity contribution in [3.8, 4) is 5.88 Å². The number of aromatic nitrogens is 2. The molecule has 1 aromatic heterocycles. The van der Waals surface area contributed by atoms with Crippen LogP contribution >= 0.6 is 0 Å². The number of halogens is 1. The second-order valence-corrected chi connectivity index (χ2v) is 2.92. The highest BCUT2D eigenvalue weighted by molar-refractivity contribution is 5.43. The fourth-order valence-electron chi connectivity index (χ4n) is 1.23. The number of hydrogen-bond donors (Lipinski definition) is 0. The van der Waals surface area contributed by atoms with Crippen molar-refractivity contribution in [1.29, 1.82) is 0 Å². The second-order valence-electron chi connectivity index (χ2n) is 2.92. The molecule has 0 atom stereocenters. The maximum atomic E-state index is 12.5. The van der Waals surface area contributed by atoms with Crippen molar-refractivity contribution in [1.82, 2.24) is 9.97 Å². The van der Waals surface area contributed by atoms with Crippen LogP contribution in [0.2, 0.25) is 0 Å². The van der Waals surface area contributed by atoms with Gasteiger partial charge in [0, 0.05) is 6.07 Å². The lowest BCUT2D eigenvalue weighted by Crippen LogP contribution is -2.48. The van der Waals surface area contributed by atoms with E-state index in [1.807, 2.05) is 4.90 Å². The zero-order chi connectivity index (χ0) is 9.26. The predicted molar refractivity (Wildman–Crippen MR) is 45.7 cm³/mol. The van der Waals surface area contributed by atoms with Gasteiger partial charge < -0.3 is 9.64 Å². The van der Waals surface area contributed by atoms with E-state index in [0.29, 0.717) is 19.0 Å². The minimum absolute atomic E-state index is 0.417. The van der Waals surface area contributed by atoms with Crippen molar-refractivity contribution in [3.63, 3.8) is 0 Å². The van der Waals surface area contributed by atoms with Gasteiger partial charge in [-0.05, 0) is 0 Å². The van der Waals surface area contributed by atoms with Gasteiger partial charge in [-0.2, -0.15) is 0 Å². The van der Waals surface area contributed by atoms with E-state index in [2.05, 4.69) is 9.97 Å². The van der Waals surface area contributed by atoms with Crippen LogP contribution in [-0.2, 0) is 0 Å². The first kappa shape index (κ1) is 8.22. The number of rotatable bonds is 2. The number of ether oxygens (including phenoxy) is 1. The van der Waals surface area contributed by atoms with Crippen LogP contribution < -0.4 is 9.64 Å². The molecule has 2 heterocycles. The van der Waals surface area contributed by atoms with Crippen LogP contribution in [0, 0.1) is 0 Å². The van der Waals surface area contributed by atoms with E-state index in [0.717, 1.165) is 5.82 Å². The van der Waals surface area contributed by atoms with Crippen LogP contribution in [0.4, 0.5) is 10.2 Å². The predicted octanol–water partition coefficient (Wildman–Crippen LogP) is 0.643. The third-order valence-electron chi connectivity index (χ3n) is 2.00. The Labute approximate surface area is 75.4 Å². The molecule has 0 amide bonds. The Morgan fingerprint density at radius 3 is 2.92 bits per heavy atom. The van der Waals surface area contributed by atoms with E-state index in [1.165, 1.54) is 6.33 Å². The highest BCUT2D eigenvalue weighted by Crippen LogP contribution is 2.21. The molecule has 13 heavy (non-hydrogen) atoms. The maximum Gasteiger partial charge on any atom is 0.218 e. The molecular formula is C8H10FN3O. The Morgan fingerprint density at radius 2 is 2.31 bits per heavy atom. The van der Waals surface area contributed by atoms with E-state index < -0.39 is 6.17 Å². The van der Waals surface area contributed by atoms with Crippen LogP contribution in [0.15, 0.2) is 12.4 Å². The van der Waals surface area contributed by atoms with E-state index in [9.17, 15) is 4.39 Å². The van der Waals surface area contributed by atoms with Crippen molar-refractivity contribution in [3.05, 3.63) is 12.4 Å². The molecule has 0 radical (unpaired) electrons. The van der Waals surface area contributed by atoms with Gasteiger partial charge in [0.1, 0.15) is 18.3 Å². The second kappa shape index (κ2) is 3.16. The topological polar surface area (TPSA) is 38.2 Å². The molecule has 1 fully saturated rings. The van der Waals surface area contributed by atoms with E-state index >= 15 is 0 Å². The van der Waals surface area contributed by atoms with Gasteiger partial charge >= 0.3 is 0 Å². The number of nitrogens with zero attached hydrogens (tertiary/aromatic N) is 3. The molecule has 0 aromatic carbocycles. The smallest absolute Gasteiger partial charge is 0.218 e. The molecule has 1 saturated heterocycles. The molecule has 0 spiro atoms. The monoisotopic (exact) mass is 183 g/mol. The van der Waals surface area contributed by atoms with Gasteiger partial charge in [-0.1, -0.05) is 0 Å². The van der Waals surface area contributed by atoms with E-state index in [4.69, 9.17) is 4.74 Å². The van der Waals surface area contributed by atoms with Crippen molar-refractivity contribution in [2.75, 3.05) is 25.1 Å². The summed E-state index contributed by atoms with van der Waals surface area (Å²) in [4.78, 5) is 9.72. The molecular weight excluding hydrogens is 173 g/mol. The maximum absolute atomic E-state index is 12.5. The third-order valence-corrected chi connectivity index (χ3v) is 2.00. The quantitative estimate of drug-likeness (QED) is 0.674. The van der Waals surface area contributed by atoms with Gasteiger partial charge in [-0.15, -0.1) is 0 Å². The van der Waals surface area contributed by atoms with Crippen molar-refractivity contribution >= 4 is 5.82 Å². The Balaban J connectivity index is 2.12. The Bertz CT molecular complexity index is 301. The summed E-state index contributed by atoms with van der Waals surface area (Å²) in [6.07, 6.45) is 0.695. The largest absolute Gasteiger partial charge is 0.481 e. The minimum atomic E-state index is -0.721. The van der Waals surface area contributed by atoms with Crippen molar-refractivity contribution in [2.45, 2.75) is 6.17 Å². The summed E-state index contributed by atoms with van der Waals surface area (Å²) >= 11 is 0. The van der Waals surface area contributed by atoms with E-state index in [-0.39, 0.29) is 0 Å². The first-order chi connectivity index (χ1) is 6.29. The standard InChI is InChI=1S/C8H10FN3O/c1-13-8-2-7(10-5-11-8)12-3-6(9)4-12/h2,5-6H,3-4H2,1H3. The van der Waals surface area contributed by atoms with Gasteiger partial charge in [0.25, 0.3) is 0 Å². The first-order valence-electron chi connectivity index (χ1n) is 4.04. The van der Waals surface area contributed by atoms with Crippen LogP contribution in [-0.4, -0.2) is 36.3 Å². The molecule has 4 nitrogen and oxygen atoms in total. The zero-order valence-electron chi connectivity index (χ0n) is 7.27. The van der Waals surface area contributed by atoms with Crippen LogP contribution in [0.3, 0.4) is 0 Å². The average Bonchev–Trinajstić information content (AvgIpc) is 2.13. The molecule has 0 N–H and O–H groups in total. The Kier molecular flexibility index (Phi) is 2.00. The van der Waals surface area contributed by atoms with Gasteiger partial charge in [0.05, 0.1) is 20.2 Å². The van der Waals surface area contributed by atoms with Gasteiger partial charge in [-0.3, -0.25) is 0 Å². The van der Waals surface area contributed by atoms with Crippen molar-refractivity contribution in [2.24, 2.45) is 0 Å². The van der Waals surface area contributed by atoms with Crippen LogP contribution in [0.5, 0.6) is 5.88 Å². The summed E-state index contributed by atoms with van der Waals surface area (Å²) in [5, 5.41) is 0. The summed E-state index contributed by atoms with van der Waals surface area (Å²) in [7, 11) is 1.54. The number of hydrogen-bond acceptors (Lipinski definition) is 4. The lowest BCUT2D eigenvalue weighted by Gasteiger charge is -2.35. The fraction of sp³-hybridized carbons (Fsp3) is 0.500. The Morgan fingerprint density at radius 1 is 1.54 bits per heavy atom. The molecule has 0 saturated carbocycles. The van der Waals surface area contributed by atoms with Crippen LogP contribution in [0.25, 0.3) is 0 Å². The van der Waals surface area contributed by atoms with Gasteiger partial charge in [0.15, 0.2) is 0 Å². The minimum Gasteiger partial charge on any atom is -0.481 e. The lowest BCUT2D eigenvalue weighted by atomic mass is 10.2. The number of methoxy groups -OCH3 is 1. The summed E-state index contributed by atoms with van der Waals surface area (Å²) in [5.74, 6) is 1.23. The summed E-state index contributed by atoms with van der Waals surface area (Å²) in [6, 6.07) is 1.70. The molecule has 0 unspecified atom stereocenters. The van der Waals surface area contributed by atoms with Gasteiger partial charge in [-0.25, -0.2) is 14.4 Å². The first-order valence-corrected chi connectivity index (χ1v) is 4.04. The normalized spacial score (nSPS) is 16.9. The molecule has 2 rings (SSSR count). The average molecular weight is 183 g/mol. The molecule has 5 heteroatoms. The van der Waals surface area contributed by atoms with Crippen molar-refractivity contribution < 1.29 is 9.13 Å². The lowest BCUT2D eigenvalue weighted by molar-refractivity contribution is 0.273. The molecule has 70 valence electrons. The molecule has 1 aliphatic heterocycles. The SMILES string of the molecule is COc1cc(N2CC(F)C2)ncn1.